The summed E-state index contributed by atoms with van der Waals surface area (Å²) in [5.41, 5.74) is 2.96. The van der Waals surface area contributed by atoms with E-state index in [-0.39, 0.29) is 11.7 Å². The number of pyridine rings is 2. The second kappa shape index (κ2) is 11.8. The van der Waals surface area contributed by atoms with Crippen molar-refractivity contribution >= 4 is 34.3 Å². The lowest BCUT2D eigenvalue weighted by Gasteiger charge is -2.42. The molecule has 5 heterocycles. The van der Waals surface area contributed by atoms with Crippen LogP contribution < -0.4 is 31.1 Å². The van der Waals surface area contributed by atoms with Crippen molar-refractivity contribution in [2.45, 2.75) is 31.9 Å². The van der Waals surface area contributed by atoms with Gasteiger partial charge in [0.05, 0.1) is 30.3 Å². The number of hydrogen-bond acceptors (Lipinski definition) is 9. The SMILES string of the molecule is CC1CNc2cncc(Nc3cc[nH]c(=O)c3C(=O)Nc3ccc(N4CCC(N5CCN(C)CC5)CC4)cc3)c2O1. The highest BCUT2D eigenvalue weighted by molar-refractivity contribution is 6.08. The molecule has 0 bridgehead atoms. The number of rotatable bonds is 6. The van der Waals surface area contributed by atoms with Crippen molar-refractivity contribution in [1.29, 1.82) is 0 Å². The zero-order valence-electron chi connectivity index (χ0n) is 23.7. The number of aromatic nitrogens is 2. The van der Waals surface area contributed by atoms with Crippen LogP contribution in [-0.4, -0.2) is 90.7 Å². The Hall–Kier alpha value is -4.09. The van der Waals surface area contributed by atoms with Gasteiger partial charge in [-0.05, 0) is 57.1 Å². The van der Waals surface area contributed by atoms with Crippen LogP contribution in [0.3, 0.4) is 0 Å². The van der Waals surface area contributed by atoms with E-state index in [4.69, 9.17) is 4.74 Å². The third-order valence-corrected chi connectivity index (χ3v) is 8.26. The highest BCUT2D eigenvalue weighted by Gasteiger charge is 2.27. The van der Waals surface area contributed by atoms with Gasteiger partial charge in [0.1, 0.15) is 17.4 Å². The highest BCUT2D eigenvalue weighted by atomic mass is 16.5. The first-order chi connectivity index (χ1) is 19.9. The highest BCUT2D eigenvalue weighted by Crippen LogP contribution is 2.37. The maximum absolute atomic E-state index is 13.3. The second-order valence-electron chi connectivity index (χ2n) is 11.2. The molecule has 2 saturated heterocycles. The molecule has 4 N–H and O–H groups in total. The molecule has 6 rings (SSSR count). The number of likely N-dealkylation sites (N-methyl/N-ethyl adjacent to an activating group) is 1. The van der Waals surface area contributed by atoms with Crippen LogP contribution in [0.4, 0.5) is 28.4 Å². The predicted molar refractivity (Wildman–Crippen MR) is 162 cm³/mol. The molecule has 11 heteroatoms. The molecule has 1 amide bonds. The van der Waals surface area contributed by atoms with E-state index in [2.05, 4.69) is 47.7 Å². The van der Waals surface area contributed by atoms with Crippen LogP contribution in [0.15, 0.2) is 53.7 Å². The van der Waals surface area contributed by atoms with Crippen molar-refractivity contribution in [3.63, 3.8) is 0 Å². The fourth-order valence-corrected chi connectivity index (χ4v) is 5.87. The van der Waals surface area contributed by atoms with E-state index >= 15 is 0 Å². The molecule has 2 aromatic heterocycles. The average Bonchev–Trinajstić information content (AvgIpc) is 2.98. The summed E-state index contributed by atoms with van der Waals surface area (Å²) >= 11 is 0. The molecule has 1 unspecified atom stereocenters. The molecular weight excluding hydrogens is 520 g/mol. The molecule has 0 aliphatic carbocycles. The number of piperazine rings is 1. The van der Waals surface area contributed by atoms with Gasteiger partial charge in [-0.25, -0.2) is 0 Å². The maximum atomic E-state index is 13.3. The van der Waals surface area contributed by atoms with Crippen LogP contribution in [0.5, 0.6) is 5.75 Å². The summed E-state index contributed by atoms with van der Waals surface area (Å²) in [5, 5.41) is 9.37. The van der Waals surface area contributed by atoms with Crippen LogP contribution >= 0.6 is 0 Å². The van der Waals surface area contributed by atoms with Crippen LogP contribution in [0.2, 0.25) is 0 Å². The number of amides is 1. The summed E-state index contributed by atoms with van der Waals surface area (Å²) in [6.45, 7) is 9.29. The minimum absolute atomic E-state index is 0.0167. The van der Waals surface area contributed by atoms with Gasteiger partial charge in [-0.2, -0.15) is 0 Å². The van der Waals surface area contributed by atoms with E-state index in [0.29, 0.717) is 35.4 Å². The molecule has 0 spiro atoms. The molecule has 3 aliphatic heterocycles. The number of fused-ring (bicyclic) bond motifs is 1. The normalized spacial score (nSPS) is 20.0. The topological polar surface area (TPSA) is 118 Å². The van der Waals surface area contributed by atoms with Gasteiger partial charge in [0, 0.05) is 62.9 Å². The number of benzene rings is 1. The summed E-state index contributed by atoms with van der Waals surface area (Å²) in [4.78, 5) is 40.5. The van der Waals surface area contributed by atoms with Gasteiger partial charge < -0.3 is 35.5 Å². The Balaban J connectivity index is 1.11. The van der Waals surface area contributed by atoms with Crippen LogP contribution in [0.1, 0.15) is 30.1 Å². The Morgan fingerprint density at radius 1 is 1.00 bits per heavy atom. The number of nitrogens with one attached hydrogen (secondary N) is 4. The molecule has 1 atom stereocenters. The van der Waals surface area contributed by atoms with E-state index < -0.39 is 11.5 Å². The standard InChI is InChI=1S/C30H38N8O3/c1-20-17-33-25-18-31-19-26(28(25)41-20)35-24-7-10-32-29(39)27(24)30(40)34-21-3-5-22(6-4-21)37-11-8-23(9-12-37)38-15-13-36(2)14-16-38/h3-7,10,18-20,23,33H,8-9,11-17H2,1-2H3,(H,34,40)(H2,32,35,39). The van der Waals surface area contributed by atoms with E-state index in [9.17, 15) is 9.59 Å². The molecule has 1 aromatic carbocycles. The minimum Gasteiger partial charge on any atom is -0.484 e. The Bertz CT molecular complexity index is 1430. The van der Waals surface area contributed by atoms with E-state index in [1.54, 1.807) is 18.5 Å². The first-order valence-electron chi connectivity index (χ1n) is 14.4. The van der Waals surface area contributed by atoms with E-state index in [1.165, 1.54) is 6.20 Å². The number of aromatic amines is 1. The van der Waals surface area contributed by atoms with E-state index in [1.807, 2.05) is 31.2 Å². The van der Waals surface area contributed by atoms with Crippen LogP contribution in [-0.2, 0) is 0 Å². The quantitative estimate of drug-likeness (QED) is 0.362. The van der Waals surface area contributed by atoms with Crippen LogP contribution in [0, 0.1) is 0 Å². The van der Waals surface area contributed by atoms with Gasteiger partial charge in [-0.3, -0.25) is 19.5 Å². The van der Waals surface area contributed by atoms with Gasteiger partial charge >= 0.3 is 0 Å². The Labute approximate surface area is 239 Å². The number of H-pyrrole nitrogens is 1. The summed E-state index contributed by atoms with van der Waals surface area (Å²) in [6, 6.07) is 10.2. The fourth-order valence-electron chi connectivity index (χ4n) is 5.87. The minimum atomic E-state index is -0.500. The zero-order chi connectivity index (χ0) is 28.3. The summed E-state index contributed by atoms with van der Waals surface area (Å²) in [6.07, 6.45) is 7.11. The molecule has 0 radical (unpaired) electrons. The van der Waals surface area contributed by atoms with Crippen molar-refractivity contribution in [3.8, 4) is 5.75 Å². The van der Waals surface area contributed by atoms with Gasteiger partial charge in [-0.15, -0.1) is 0 Å². The van der Waals surface area contributed by atoms with Crippen molar-refractivity contribution in [3.05, 3.63) is 64.8 Å². The Kier molecular flexibility index (Phi) is 7.80. The molecule has 41 heavy (non-hydrogen) atoms. The van der Waals surface area contributed by atoms with Gasteiger partial charge in [0.25, 0.3) is 11.5 Å². The van der Waals surface area contributed by atoms with Gasteiger partial charge in [0.2, 0.25) is 0 Å². The fraction of sp³-hybridized carbons (Fsp3) is 0.433. The second-order valence-corrected chi connectivity index (χ2v) is 11.2. The molecular formula is C30H38N8O3. The number of carbonyl (C=O) groups excluding carboxylic acids is 1. The third-order valence-electron chi connectivity index (χ3n) is 8.26. The lowest BCUT2D eigenvalue weighted by Crippen LogP contribution is -2.52. The van der Waals surface area contributed by atoms with Crippen molar-refractivity contribution in [1.82, 2.24) is 19.8 Å². The predicted octanol–water partition coefficient (Wildman–Crippen LogP) is 3.17. The first kappa shape index (κ1) is 27.1. The molecule has 2 fully saturated rings. The number of nitrogens with zero attached hydrogens (tertiary/aromatic N) is 4. The van der Waals surface area contributed by atoms with Crippen LogP contribution in [0.25, 0.3) is 0 Å². The third kappa shape index (κ3) is 6.01. The summed E-state index contributed by atoms with van der Waals surface area (Å²) in [5.74, 6) is 0.105. The maximum Gasteiger partial charge on any atom is 0.263 e. The van der Waals surface area contributed by atoms with Crippen molar-refractivity contribution in [2.24, 2.45) is 0 Å². The van der Waals surface area contributed by atoms with E-state index in [0.717, 1.165) is 63.5 Å². The van der Waals surface area contributed by atoms with Gasteiger partial charge in [-0.1, -0.05) is 0 Å². The monoisotopic (exact) mass is 558 g/mol. The number of anilines is 5. The molecule has 3 aliphatic rings. The largest absolute Gasteiger partial charge is 0.484 e. The first-order valence-corrected chi connectivity index (χ1v) is 14.4. The van der Waals surface area contributed by atoms with Crippen molar-refractivity contribution < 1.29 is 9.53 Å². The Morgan fingerprint density at radius 2 is 1.76 bits per heavy atom. The lowest BCUT2D eigenvalue weighted by molar-refractivity contribution is 0.0982. The zero-order valence-corrected chi connectivity index (χ0v) is 23.7. The number of carbonyl (C=O) groups is 1. The van der Waals surface area contributed by atoms with Crippen molar-refractivity contribution in [2.75, 3.05) is 73.7 Å². The summed E-state index contributed by atoms with van der Waals surface area (Å²) in [7, 11) is 2.20. The summed E-state index contributed by atoms with van der Waals surface area (Å²) < 4.78 is 6.00. The number of ether oxygens (including phenoxy) is 1. The van der Waals surface area contributed by atoms with Gasteiger partial charge in [0.15, 0.2) is 5.75 Å². The lowest BCUT2D eigenvalue weighted by atomic mass is 10.0. The number of piperidine rings is 1. The molecule has 0 saturated carbocycles. The average molecular weight is 559 g/mol. The number of hydrogen-bond donors (Lipinski definition) is 4. The smallest absolute Gasteiger partial charge is 0.263 e. The molecule has 216 valence electrons. The Morgan fingerprint density at radius 3 is 2.51 bits per heavy atom. The molecule has 3 aromatic rings. The molecule has 11 nitrogen and oxygen atoms in total.